The van der Waals surface area contributed by atoms with E-state index in [1.807, 2.05) is 12.1 Å². The quantitative estimate of drug-likeness (QED) is 0.732. The third kappa shape index (κ3) is 5.20. The van der Waals surface area contributed by atoms with E-state index in [0.717, 1.165) is 18.8 Å². The molecule has 2 rings (SSSR count). The summed E-state index contributed by atoms with van der Waals surface area (Å²) in [5.74, 6) is 1.19. The second kappa shape index (κ2) is 8.88. The van der Waals surface area contributed by atoms with Gasteiger partial charge in [-0.3, -0.25) is 4.90 Å². The van der Waals surface area contributed by atoms with Gasteiger partial charge in [-0.05, 0) is 16.9 Å². The molecule has 2 nitrogen and oxygen atoms in total. The minimum atomic E-state index is 0.181. The van der Waals surface area contributed by atoms with Crippen LogP contribution in [-0.4, -0.2) is 35.5 Å². The minimum absolute atomic E-state index is 0.181. The summed E-state index contributed by atoms with van der Waals surface area (Å²) in [6.07, 6.45) is 0. The van der Waals surface area contributed by atoms with E-state index in [1.165, 1.54) is 11.1 Å². The lowest BCUT2D eigenvalue weighted by Crippen LogP contribution is -2.31. The molecule has 0 saturated heterocycles. The van der Waals surface area contributed by atoms with E-state index in [0.29, 0.717) is 12.5 Å². The molecule has 0 heterocycles. The molecule has 0 aliphatic carbocycles. The van der Waals surface area contributed by atoms with Gasteiger partial charge in [-0.2, -0.15) is 12.6 Å². The molecule has 2 aromatic carbocycles. The Labute approximate surface area is 132 Å². The molecule has 0 aliphatic heterocycles. The van der Waals surface area contributed by atoms with Crippen LogP contribution >= 0.6 is 12.6 Å². The monoisotopic (exact) mass is 301 g/mol. The largest absolute Gasteiger partial charge is 0.395 e. The normalized spacial score (nSPS) is 12.5. The molecule has 112 valence electrons. The summed E-state index contributed by atoms with van der Waals surface area (Å²) in [5.41, 5.74) is 2.58. The molecule has 0 aliphatic rings. The molecular weight excluding hydrogens is 278 g/mol. The predicted molar refractivity (Wildman–Crippen MR) is 91.8 cm³/mol. The maximum absolute atomic E-state index is 9.31. The lowest BCUT2D eigenvalue weighted by molar-refractivity contribution is 0.184. The van der Waals surface area contributed by atoms with Gasteiger partial charge in [0.25, 0.3) is 0 Å². The first-order chi connectivity index (χ1) is 10.3. The van der Waals surface area contributed by atoms with E-state index in [4.69, 9.17) is 0 Å². The van der Waals surface area contributed by atoms with Crippen LogP contribution in [0.1, 0.15) is 17.0 Å². The first-order valence-corrected chi connectivity index (χ1v) is 7.99. The van der Waals surface area contributed by atoms with Crippen molar-refractivity contribution in [1.29, 1.82) is 0 Å². The third-order valence-corrected chi connectivity index (χ3v) is 4.08. The average Bonchev–Trinajstić information content (AvgIpc) is 2.54. The molecule has 0 aromatic heterocycles. The number of hydrogen-bond donors (Lipinski definition) is 2. The Hall–Kier alpha value is -1.29. The van der Waals surface area contributed by atoms with Crippen LogP contribution in [0.3, 0.4) is 0 Å². The van der Waals surface area contributed by atoms with Gasteiger partial charge in [0.1, 0.15) is 0 Å². The second-order valence-corrected chi connectivity index (χ2v) is 5.60. The molecule has 0 bridgehead atoms. The van der Waals surface area contributed by atoms with Crippen LogP contribution in [-0.2, 0) is 6.54 Å². The first kappa shape index (κ1) is 16.1. The fraction of sp³-hybridized carbons (Fsp3) is 0.333. The predicted octanol–water partition coefficient (Wildman–Crippen LogP) is 3.19. The number of aliphatic hydroxyl groups is 1. The van der Waals surface area contributed by atoms with Gasteiger partial charge in [0.2, 0.25) is 0 Å². The second-order valence-electron chi connectivity index (χ2n) is 5.23. The Morgan fingerprint density at radius 3 is 2.14 bits per heavy atom. The van der Waals surface area contributed by atoms with Crippen molar-refractivity contribution in [2.75, 3.05) is 25.4 Å². The van der Waals surface area contributed by atoms with E-state index >= 15 is 0 Å². The molecule has 1 unspecified atom stereocenters. The zero-order valence-electron chi connectivity index (χ0n) is 12.2. The fourth-order valence-electron chi connectivity index (χ4n) is 2.52. The Morgan fingerprint density at radius 2 is 1.57 bits per heavy atom. The van der Waals surface area contributed by atoms with Gasteiger partial charge < -0.3 is 5.11 Å². The molecule has 0 radical (unpaired) electrons. The topological polar surface area (TPSA) is 23.5 Å². The maximum atomic E-state index is 9.31. The van der Waals surface area contributed by atoms with Crippen molar-refractivity contribution in [3.05, 3.63) is 71.8 Å². The fourth-order valence-corrected chi connectivity index (χ4v) is 2.85. The number of thiol groups is 1. The zero-order valence-corrected chi connectivity index (χ0v) is 13.1. The highest BCUT2D eigenvalue weighted by Crippen LogP contribution is 2.19. The lowest BCUT2D eigenvalue weighted by atomic mass is 10.00. The van der Waals surface area contributed by atoms with E-state index < -0.39 is 0 Å². The van der Waals surface area contributed by atoms with Crippen LogP contribution in [0.25, 0.3) is 0 Å². The van der Waals surface area contributed by atoms with Crippen molar-refractivity contribution in [3.63, 3.8) is 0 Å². The van der Waals surface area contributed by atoms with Crippen LogP contribution in [0.15, 0.2) is 60.7 Å². The first-order valence-electron chi connectivity index (χ1n) is 7.36. The average molecular weight is 301 g/mol. The Bertz CT molecular complexity index is 503. The lowest BCUT2D eigenvalue weighted by Gasteiger charge is -2.26. The summed E-state index contributed by atoms with van der Waals surface area (Å²) in [5, 5.41) is 9.31. The van der Waals surface area contributed by atoms with Crippen molar-refractivity contribution in [3.8, 4) is 0 Å². The molecule has 0 spiro atoms. The zero-order chi connectivity index (χ0) is 14.9. The van der Waals surface area contributed by atoms with Gasteiger partial charge in [0, 0.05) is 25.6 Å². The molecule has 0 amide bonds. The summed E-state index contributed by atoms with van der Waals surface area (Å²) in [7, 11) is 0. The third-order valence-electron chi connectivity index (χ3n) is 3.64. The van der Waals surface area contributed by atoms with E-state index in [-0.39, 0.29) is 6.61 Å². The van der Waals surface area contributed by atoms with Crippen molar-refractivity contribution in [1.82, 2.24) is 4.90 Å². The summed E-state index contributed by atoms with van der Waals surface area (Å²) in [6, 6.07) is 20.9. The molecule has 1 N–H and O–H groups in total. The molecule has 21 heavy (non-hydrogen) atoms. The summed E-state index contributed by atoms with van der Waals surface area (Å²) in [4.78, 5) is 2.29. The summed E-state index contributed by atoms with van der Waals surface area (Å²) >= 11 is 4.51. The van der Waals surface area contributed by atoms with Crippen LogP contribution < -0.4 is 0 Å². The maximum Gasteiger partial charge on any atom is 0.0558 e. The highest BCUT2D eigenvalue weighted by Gasteiger charge is 2.15. The van der Waals surface area contributed by atoms with Crippen LogP contribution in [0.5, 0.6) is 0 Å². The number of hydrogen-bond acceptors (Lipinski definition) is 3. The van der Waals surface area contributed by atoms with Crippen molar-refractivity contribution < 1.29 is 5.11 Å². The molecule has 2 aromatic rings. The number of rotatable bonds is 8. The minimum Gasteiger partial charge on any atom is -0.395 e. The van der Waals surface area contributed by atoms with Crippen molar-refractivity contribution in [2.24, 2.45) is 0 Å². The van der Waals surface area contributed by atoms with Gasteiger partial charge in [-0.1, -0.05) is 60.7 Å². The Kier molecular flexibility index (Phi) is 6.80. The summed E-state index contributed by atoms with van der Waals surface area (Å²) < 4.78 is 0. The highest BCUT2D eigenvalue weighted by atomic mass is 32.1. The smallest absolute Gasteiger partial charge is 0.0558 e. The molecule has 1 atom stereocenters. The molecular formula is C18H23NOS. The summed E-state index contributed by atoms with van der Waals surface area (Å²) in [6.45, 7) is 2.63. The Balaban J connectivity index is 2.04. The van der Waals surface area contributed by atoms with E-state index in [2.05, 4.69) is 66.1 Å². The number of benzene rings is 2. The number of nitrogens with zero attached hydrogens (tertiary/aromatic N) is 1. The van der Waals surface area contributed by atoms with Gasteiger partial charge in [0.15, 0.2) is 0 Å². The van der Waals surface area contributed by atoms with Gasteiger partial charge >= 0.3 is 0 Å². The van der Waals surface area contributed by atoms with E-state index in [1.54, 1.807) is 0 Å². The number of aliphatic hydroxyl groups excluding tert-OH is 1. The van der Waals surface area contributed by atoms with Crippen LogP contribution in [0, 0.1) is 0 Å². The van der Waals surface area contributed by atoms with Crippen LogP contribution in [0.2, 0.25) is 0 Å². The highest BCUT2D eigenvalue weighted by molar-refractivity contribution is 7.80. The van der Waals surface area contributed by atoms with E-state index in [9.17, 15) is 5.11 Å². The van der Waals surface area contributed by atoms with Gasteiger partial charge in [-0.15, -0.1) is 0 Å². The molecule has 3 heteroatoms. The Morgan fingerprint density at radius 1 is 0.952 bits per heavy atom. The van der Waals surface area contributed by atoms with Crippen molar-refractivity contribution >= 4 is 12.6 Å². The van der Waals surface area contributed by atoms with Crippen LogP contribution in [0.4, 0.5) is 0 Å². The molecule has 0 saturated carbocycles. The van der Waals surface area contributed by atoms with Crippen molar-refractivity contribution in [2.45, 2.75) is 12.5 Å². The molecule has 0 fully saturated rings. The SMILES string of the molecule is OCCN(Cc1ccccc1)CC(CS)c1ccccc1. The van der Waals surface area contributed by atoms with Gasteiger partial charge in [0.05, 0.1) is 6.61 Å². The standard InChI is InChI=1S/C18H23NOS/c20-12-11-19(13-16-7-3-1-4-8-16)14-18(15-21)17-9-5-2-6-10-17/h1-10,18,20-21H,11-15H2. The van der Waals surface area contributed by atoms with Gasteiger partial charge in [-0.25, -0.2) is 0 Å².